The van der Waals surface area contributed by atoms with E-state index in [1.807, 2.05) is 0 Å². The number of rotatable bonds is 6. The molecule has 6 N–H and O–H groups in total. The van der Waals surface area contributed by atoms with Gasteiger partial charge in [-0.3, -0.25) is 14.5 Å². The number of ether oxygens (including phenoxy) is 1. The molecule has 0 aliphatic carbocycles. The van der Waals surface area contributed by atoms with Gasteiger partial charge in [0.05, 0.1) is 12.1 Å². The van der Waals surface area contributed by atoms with E-state index in [9.17, 15) is 24.3 Å². The second-order valence-corrected chi connectivity index (χ2v) is 7.67. The van der Waals surface area contributed by atoms with Crippen LogP contribution >= 0.6 is 23.1 Å². The number of nitrogens with zero attached hydrogens (tertiary/aromatic N) is 2. The largest absolute Gasteiger partial charge is 0.477 e. The van der Waals surface area contributed by atoms with Gasteiger partial charge in [-0.05, 0) is 0 Å². The summed E-state index contributed by atoms with van der Waals surface area (Å²) in [4.78, 5) is 52.0. The third-order valence-electron chi connectivity index (χ3n) is 3.87. The molecular formula is C14H15N5O6S2. The first-order valence-corrected chi connectivity index (χ1v) is 9.52. The van der Waals surface area contributed by atoms with Crippen LogP contribution in [0.25, 0.3) is 0 Å². The van der Waals surface area contributed by atoms with Gasteiger partial charge in [-0.1, -0.05) is 0 Å². The van der Waals surface area contributed by atoms with Gasteiger partial charge in [-0.15, -0.1) is 23.1 Å². The highest BCUT2D eigenvalue weighted by atomic mass is 32.2. The third kappa shape index (κ3) is 3.83. The minimum Gasteiger partial charge on any atom is -0.477 e. The zero-order chi connectivity index (χ0) is 19.7. The zero-order valence-corrected chi connectivity index (χ0v) is 15.3. The monoisotopic (exact) mass is 415 g/mol. The number of carboxylic acid groups (broad SMARTS) is 1. The Morgan fingerprint density at radius 1 is 1.48 bits per heavy atom. The summed E-state index contributed by atoms with van der Waals surface area (Å²) in [6, 6.07) is -0.841. The zero-order valence-electron chi connectivity index (χ0n) is 13.7. The van der Waals surface area contributed by atoms with Gasteiger partial charge in [-0.2, -0.15) is 0 Å². The van der Waals surface area contributed by atoms with Gasteiger partial charge in [0.25, 0.3) is 5.91 Å². The number of hydrogen-bond acceptors (Lipinski definition) is 9. The summed E-state index contributed by atoms with van der Waals surface area (Å²) in [5.41, 5.74) is 10.9. The first-order chi connectivity index (χ1) is 12.8. The van der Waals surface area contributed by atoms with E-state index in [4.69, 9.17) is 11.5 Å². The Morgan fingerprint density at radius 2 is 2.22 bits per heavy atom. The molecule has 11 nitrogen and oxygen atoms in total. The van der Waals surface area contributed by atoms with Crippen molar-refractivity contribution in [2.45, 2.75) is 17.8 Å². The molecule has 3 amide bonds. The van der Waals surface area contributed by atoms with Crippen LogP contribution in [0, 0.1) is 0 Å². The number of primary amides is 1. The van der Waals surface area contributed by atoms with Crippen molar-refractivity contribution < 1.29 is 29.0 Å². The number of β-lactam (4-membered cyclic amide) rings is 1. The van der Waals surface area contributed by atoms with Crippen LogP contribution in [0.4, 0.5) is 9.93 Å². The minimum absolute atomic E-state index is 0.0335. The summed E-state index contributed by atoms with van der Waals surface area (Å²) >= 11 is 2.47. The van der Waals surface area contributed by atoms with Crippen LogP contribution in [0.3, 0.4) is 0 Å². The maximum Gasteiger partial charge on any atom is 0.404 e. The fourth-order valence-corrected chi connectivity index (χ4v) is 4.64. The maximum atomic E-state index is 12.4. The lowest BCUT2D eigenvalue weighted by atomic mass is 10.0. The second-order valence-electron chi connectivity index (χ2n) is 5.67. The van der Waals surface area contributed by atoms with Gasteiger partial charge < -0.3 is 26.6 Å². The van der Waals surface area contributed by atoms with Crippen molar-refractivity contribution >= 4 is 52.1 Å². The number of fused-ring (bicyclic) bond motifs is 1. The molecule has 27 heavy (non-hydrogen) atoms. The lowest BCUT2D eigenvalue weighted by Crippen LogP contribution is -2.70. The fraction of sp³-hybridized carbons (Fsp3) is 0.357. The third-order valence-corrected chi connectivity index (χ3v) is 5.93. The highest BCUT2D eigenvalue weighted by molar-refractivity contribution is 8.00. The maximum absolute atomic E-state index is 12.4. The van der Waals surface area contributed by atoms with Crippen LogP contribution in [0.1, 0.15) is 5.69 Å². The van der Waals surface area contributed by atoms with Crippen LogP contribution in [-0.4, -0.2) is 62.6 Å². The number of amides is 3. The molecule has 2 atom stereocenters. The van der Waals surface area contributed by atoms with Crippen molar-refractivity contribution in [2.24, 2.45) is 5.73 Å². The van der Waals surface area contributed by atoms with E-state index in [0.717, 1.165) is 4.90 Å². The molecule has 0 radical (unpaired) electrons. The number of nitrogens with two attached hydrogens (primary N) is 2. The first kappa shape index (κ1) is 19.0. The molecule has 1 fully saturated rings. The van der Waals surface area contributed by atoms with Crippen LogP contribution < -0.4 is 16.8 Å². The molecular weight excluding hydrogens is 400 g/mol. The second kappa shape index (κ2) is 7.44. The van der Waals surface area contributed by atoms with E-state index < -0.39 is 35.3 Å². The Balaban J connectivity index is 1.68. The molecule has 1 saturated heterocycles. The van der Waals surface area contributed by atoms with Crippen LogP contribution in [-0.2, 0) is 25.5 Å². The highest BCUT2D eigenvalue weighted by Crippen LogP contribution is 2.40. The number of thiazole rings is 1. The van der Waals surface area contributed by atoms with Gasteiger partial charge >= 0.3 is 12.1 Å². The molecule has 0 spiro atoms. The van der Waals surface area contributed by atoms with Crippen molar-refractivity contribution in [3.8, 4) is 0 Å². The van der Waals surface area contributed by atoms with E-state index >= 15 is 0 Å². The number of nitrogen functional groups attached to an aromatic ring is 1. The Kier molecular flexibility index (Phi) is 5.23. The van der Waals surface area contributed by atoms with E-state index in [0.29, 0.717) is 10.8 Å². The predicted molar refractivity (Wildman–Crippen MR) is 95.5 cm³/mol. The lowest BCUT2D eigenvalue weighted by molar-refractivity contribution is -0.150. The quantitative estimate of drug-likeness (QED) is 0.429. The van der Waals surface area contributed by atoms with Gasteiger partial charge in [-0.25, -0.2) is 14.6 Å². The minimum atomic E-state index is -1.32. The Labute approximate surface area is 160 Å². The SMILES string of the molecule is NC(=O)OCC1=C(C(=O)O)N2C(=O)[C@@H](NC(=O)Cc3cs[14c](N)n3)[C@H]2SC1. The standard InChI is InChI=1S/C14H15N5O6S2/c15-13-17-6(4-27-13)1-7(20)18-8-10(21)19-9(12(22)23)5(2-25-14(16)24)3-26-11(8)19/h4,8,11H,1-3H2,(H2,15,17)(H2,16,24)(H,18,20)(H,22,23)/t8-,11-/m1/s1/i13+2. The summed E-state index contributed by atoms with van der Waals surface area (Å²) in [6.45, 7) is -0.317. The van der Waals surface area contributed by atoms with Crippen LogP contribution in [0.2, 0.25) is 0 Å². The summed E-state index contributed by atoms with van der Waals surface area (Å²) in [5.74, 6) is -2.06. The van der Waals surface area contributed by atoms with Crippen molar-refractivity contribution in [3.63, 3.8) is 0 Å². The van der Waals surface area contributed by atoms with E-state index in [-0.39, 0.29) is 30.1 Å². The van der Waals surface area contributed by atoms with Gasteiger partial charge in [0.1, 0.15) is 23.7 Å². The topological polar surface area (TPSA) is 178 Å². The van der Waals surface area contributed by atoms with Crippen molar-refractivity contribution in [1.82, 2.24) is 15.2 Å². The number of carbonyl (C=O) groups excluding carboxylic acids is 3. The summed E-state index contributed by atoms with van der Waals surface area (Å²) < 4.78 is 4.64. The Morgan fingerprint density at radius 3 is 2.81 bits per heavy atom. The first-order valence-electron chi connectivity index (χ1n) is 7.59. The molecule has 3 heterocycles. The number of carbonyl (C=O) groups is 4. The molecule has 0 unspecified atom stereocenters. The van der Waals surface area contributed by atoms with E-state index in [2.05, 4.69) is 15.0 Å². The van der Waals surface area contributed by atoms with Gasteiger partial charge in [0.2, 0.25) is 5.91 Å². The average Bonchev–Trinajstić information content (AvgIpc) is 3.01. The van der Waals surface area contributed by atoms with Crippen LogP contribution in [0.5, 0.6) is 0 Å². The van der Waals surface area contributed by atoms with Crippen LogP contribution in [0.15, 0.2) is 16.7 Å². The number of carboxylic acids is 1. The summed E-state index contributed by atoms with van der Waals surface area (Å²) in [5, 5.41) is 13.5. The molecule has 0 saturated carbocycles. The predicted octanol–water partition coefficient (Wildman–Crippen LogP) is -0.898. The number of thioether (sulfide) groups is 1. The Hall–Kier alpha value is -2.80. The van der Waals surface area contributed by atoms with Crippen molar-refractivity contribution in [3.05, 3.63) is 22.3 Å². The molecule has 3 rings (SSSR count). The number of aromatic nitrogens is 1. The van der Waals surface area contributed by atoms with Crippen molar-refractivity contribution in [2.75, 3.05) is 18.1 Å². The number of aliphatic carboxylic acids is 1. The summed E-state index contributed by atoms with van der Waals surface area (Å²) in [6.07, 6.45) is -1.07. The molecule has 1 aromatic heterocycles. The number of hydrogen-bond donors (Lipinski definition) is 4. The van der Waals surface area contributed by atoms with Crippen molar-refractivity contribution in [1.29, 1.82) is 0 Å². The molecule has 13 heteroatoms. The average molecular weight is 415 g/mol. The number of nitrogens with one attached hydrogen (secondary N) is 1. The normalized spacial score (nSPS) is 21.3. The molecule has 1 aromatic rings. The molecule has 0 bridgehead atoms. The van der Waals surface area contributed by atoms with E-state index in [1.165, 1.54) is 23.1 Å². The van der Waals surface area contributed by atoms with Gasteiger partial charge in [0.15, 0.2) is 5.13 Å². The van der Waals surface area contributed by atoms with Gasteiger partial charge in [0, 0.05) is 16.7 Å². The summed E-state index contributed by atoms with van der Waals surface area (Å²) in [7, 11) is 0. The molecule has 144 valence electrons. The highest BCUT2D eigenvalue weighted by Gasteiger charge is 2.54. The fourth-order valence-electron chi connectivity index (χ4n) is 2.75. The molecule has 2 aliphatic heterocycles. The smallest absolute Gasteiger partial charge is 0.404 e. The van der Waals surface area contributed by atoms with E-state index in [1.54, 1.807) is 5.38 Å². The molecule has 2 aliphatic rings. The number of anilines is 1. The molecule has 0 aromatic carbocycles. The lowest BCUT2D eigenvalue weighted by Gasteiger charge is -2.49. The Bertz CT molecular complexity index is 853.